The number of aromatic nitrogens is 2. The molecule has 1 unspecified atom stereocenters. The molecule has 3 aliphatic rings. The smallest absolute Gasteiger partial charge is 0.244 e. The van der Waals surface area contributed by atoms with Crippen molar-refractivity contribution >= 4 is 24.1 Å². The number of hydrogen-bond donors (Lipinski definition) is 0. The van der Waals surface area contributed by atoms with Crippen molar-refractivity contribution in [1.82, 2.24) is 14.5 Å². The van der Waals surface area contributed by atoms with Crippen LogP contribution in [0.1, 0.15) is 54.5 Å². The van der Waals surface area contributed by atoms with E-state index in [1.165, 1.54) is 24.8 Å². The van der Waals surface area contributed by atoms with Crippen LogP contribution in [0.15, 0.2) is 53.6 Å². The van der Waals surface area contributed by atoms with E-state index in [1.807, 2.05) is 27.9 Å². The molecule has 1 saturated carbocycles. The average molecular weight is 403 g/mol. The second-order valence-corrected chi connectivity index (χ2v) is 8.14. The molecule has 3 heterocycles. The fourth-order valence-electron chi connectivity index (χ4n) is 4.77. The van der Waals surface area contributed by atoms with Gasteiger partial charge >= 0.3 is 0 Å². The quantitative estimate of drug-likeness (QED) is 0.581. The van der Waals surface area contributed by atoms with E-state index in [0.717, 1.165) is 29.2 Å². The highest BCUT2D eigenvalue weighted by atomic mass is 16.2. The predicted molar refractivity (Wildman–Crippen MR) is 118 cm³/mol. The van der Waals surface area contributed by atoms with Gasteiger partial charge in [0.05, 0.1) is 17.4 Å². The van der Waals surface area contributed by atoms with Gasteiger partial charge in [0.25, 0.3) is 0 Å². The molecule has 1 atom stereocenters. The first-order valence-electron chi connectivity index (χ1n) is 10.6. The summed E-state index contributed by atoms with van der Waals surface area (Å²) in [5.41, 5.74) is 4.46. The van der Waals surface area contributed by atoms with Crippen LogP contribution in [0.4, 0.5) is 5.69 Å². The molecule has 2 aliphatic heterocycles. The maximum Gasteiger partial charge on any atom is 0.244 e. The van der Waals surface area contributed by atoms with E-state index >= 15 is 0 Å². The van der Waals surface area contributed by atoms with Crippen LogP contribution in [0.2, 0.25) is 0 Å². The van der Waals surface area contributed by atoms with Crippen molar-refractivity contribution in [3.8, 4) is 0 Å². The summed E-state index contributed by atoms with van der Waals surface area (Å²) < 4.78 is 2.02. The van der Waals surface area contributed by atoms with Gasteiger partial charge in [0.15, 0.2) is 0 Å². The highest BCUT2D eigenvalue weighted by molar-refractivity contribution is 5.91. The Hall–Kier alpha value is -3.22. The van der Waals surface area contributed by atoms with E-state index in [9.17, 15) is 4.79 Å². The van der Waals surface area contributed by atoms with Crippen LogP contribution in [0, 0.1) is 0 Å². The first-order valence-corrected chi connectivity index (χ1v) is 10.6. The molecule has 0 saturated heterocycles. The molecule has 7 heteroatoms. The summed E-state index contributed by atoms with van der Waals surface area (Å²) in [7, 11) is 0. The topological polar surface area (TPSA) is 66.1 Å². The Morgan fingerprint density at radius 2 is 2.17 bits per heavy atom. The van der Waals surface area contributed by atoms with Gasteiger partial charge < -0.3 is 4.90 Å². The summed E-state index contributed by atoms with van der Waals surface area (Å²) >= 11 is 0. The lowest BCUT2D eigenvalue weighted by Gasteiger charge is -2.37. The molecule has 1 fully saturated rings. The molecule has 0 bridgehead atoms. The SMILES string of the molecule is C=CN(N=C)c1cccc2c1CCN1C(=O)CN=C(n3cnc(C4CCC4)c3)CC21. The molecule has 5 rings (SSSR count). The summed E-state index contributed by atoms with van der Waals surface area (Å²) in [5.74, 6) is 1.55. The molecule has 0 spiro atoms. The van der Waals surface area contributed by atoms with Crippen molar-refractivity contribution in [3.63, 3.8) is 0 Å². The lowest BCUT2D eigenvalue weighted by atomic mass is 9.83. The highest BCUT2D eigenvalue weighted by Crippen LogP contribution is 2.39. The van der Waals surface area contributed by atoms with Gasteiger partial charge in [-0.15, -0.1) is 0 Å². The molecule has 0 radical (unpaired) electrons. The fourth-order valence-corrected chi connectivity index (χ4v) is 4.77. The van der Waals surface area contributed by atoms with E-state index < -0.39 is 0 Å². The molecule has 7 nitrogen and oxygen atoms in total. The van der Waals surface area contributed by atoms with Crippen LogP contribution in [-0.2, 0) is 11.2 Å². The molecule has 1 aromatic heterocycles. The number of anilines is 1. The minimum Gasteiger partial charge on any atom is -0.333 e. The monoisotopic (exact) mass is 402 g/mol. The predicted octanol–water partition coefficient (Wildman–Crippen LogP) is 3.49. The van der Waals surface area contributed by atoms with Gasteiger partial charge in [-0.3, -0.25) is 14.4 Å². The lowest BCUT2D eigenvalue weighted by molar-refractivity contribution is -0.132. The van der Waals surface area contributed by atoms with Crippen molar-refractivity contribution in [2.45, 2.75) is 44.1 Å². The second kappa shape index (κ2) is 7.55. The van der Waals surface area contributed by atoms with E-state index in [1.54, 1.807) is 11.2 Å². The van der Waals surface area contributed by atoms with Crippen LogP contribution in [0.5, 0.6) is 0 Å². The number of hydrogen-bond acceptors (Lipinski definition) is 5. The zero-order valence-corrected chi connectivity index (χ0v) is 17.1. The molecular formula is C23H26N6O. The van der Waals surface area contributed by atoms with Crippen LogP contribution in [-0.4, -0.2) is 46.0 Å². The summed E-state index contributed by atoms with van der Waals surface area (Å²) in [5, 5.41) is 5.76. The third kappa shape index (κ3) is 3.05. The van der Waals surface area contributed by atoms with Gasteiger partial charge in [-0.25, -0.2) is 9.99 Å². The highest BCUT2D eigenvalue weighted by Gasteiger charge is 2.35. The minimum absolute atomic E-state index is 0.0477. The number of aliphatic imine (C=N–C) groups is 1. The van der Waals surface area contributed by atoms with Gasteiger partial charge in [-0.05, 0) is 36.5 Å². The summed E-state index contributed by atoms with van der Waals surface area (Å²) in [4.78, 5) is 24.1. The van der Waals surface area contributed by atoms with Gasteiger partial charge in [0.1, 0.15) is 18.7 Å². The van der Waals surface area contributed by atoms with Crippen molar-refractivity contribution in [2.75, 3.05) is 18.1 Å². The Morgan fingerprint density at radius 1 is 1.30 bits per heavy atom. The minimum atomic E-state index is -0.0477. The number of rotatable bonds is 4. The van der Waals surface area contributed by atoms with Gasteiger partial charge in [0, 0.05) is 38.0 Å². The van der Waals surface area contributed by atoms with E-state index in [2.05, 4.69) is 40.6 Å². The van der Waals surface area contributed by atoms with Gasteiger partial charge in [-0.2, -0.15) is 5.10 Å². The number of hydrazone groups is 1. The van der Waals surface area contributed by atoms with Crippen molar-refractivity contribution in [1.29, 1.82) is 0 Å². The number of benzene rings is 1. The van der Waals surface area contributed by atoms with Crippen LogP contribution in [0.25, 0.3) is 0 Å². The van der Waals surface area contributed by atoms with Crippen molar-refractivity contribution in [3.05, 3.63) is 60.3 Å². The normalized spacial score (nSPS) is 21.1. The Bertz CT molecular complexity index is 1030. The molecule has 1 aromatic carbocycles. The fraction of sp³-hybridized carbons (Fsp3) is 0.391. The van der Waals surface area contributed by atoms with Crippen LogP contribution < -0.4 is 5.01 Å². The number of imidazole rings is 1. The Kier molecular flexibility index (Phi) is 4.73. The lowest BCUT2D eigenvalue weighted by Crippen LogP contribution is -2.41. The molecule has 2 aromatic rings. The van der Waals surface area contributed by atoms with Gasteiger partial charge in [0.2, 0.25) is 5.91 Å². The maximum atomic E-state index is 12.9. The van der Waals surface area contributed by atoms with E-state index in [0.29, 0.717) is 18.9 Å². The molecule has 0 N–H and O–H groups in total. The average Bonchev–Trinajstić information content (AvgIpc) is 3.12. The summed E-state index contributed by atoms with van der Waals surface area (Å²) in [6.45, 7) is 8.36. The van der Waals surface area contributed by atoms with E-state index in [4.69, 9.17) is 0 Å². The first-order chi connectivity index (χ1) is 14.7. The molecule has 30 heavy (non-hydrogen) atoms. The largest absolute Gasteiger partial charge is 0.333 e. The Labute approximate surface area is 176 Å². The second-order valence-electron chi connectivity index (χ2n) is 8.14. The third-order valence-electron chi connectivity index (χ3n) is 6.61. The number of carbonyl (C=O) groups is 1. The Morgan fingerprint density at radius 3 is 2.90 bits per heavy atom. The standard InChI is InChI=1S/C23H26N6O/c1-3-29(24-2)20-9-5-8-17-18(20)10-11-28-21(17)12-22(25-13-23(28)30)27-14-19(26-15-27)16-6-4-7-16/h3,5,8-9,14-16,21H,1-2,4,6-7,10-13H2. The zero-order chi connectivity index (χ0) is 20.7. The summed E-state index contributed by atoms with van der Waals surface area (Å²) in [6.07, 6.45) is 10.8. The van der Waals surface area contributed by atoms with Crippen molar-refractivity contribution < 1.29 is 4.79 Å². The molecule has 1 aliphatic carbocycles. The Balaban J connectivity index is 1.50. The molecule has 1 amide bonds. The van der Waals surface area contributed by atoms with Crippen LogP contribution >= 0.6 is 0 Å². The third-order valence-corrected chi connectivity index (χ3v) is 6.61. The number of nitrogens with zero attached hydrogens (tertiary/aromatic N) is 6. The number of fused-ring (bicyclic) bond motifs is 3. The first kappa shape index (κ1) is 18.8. The zero-order valence-electron chi connectivity index (χ0n) is 17.1. The van der Waals surface area contributed by atoms with Gasteiger partial charge in [-0.1, -0.05) is 25.1 Å². The number of amides is 1. The van der Waals surface area contributed by atoms with Crippen LogP contribution in [0.3, 0.4) is 0 Å². The summed E-state index contributed by atoms with van der Waals surface area (Å²) in [6, 6.07) is 6.11. The van der Waals surface area contributed by atoms with Crippen molar-refractivity contribution in [2.24, 2.45) is 10.1 Å². The molecule has 154 valence electrons. The number of carbonyl (C=O) groups excluding carboxylic acids is 1. The maximum absolute atomic E-state index is 12.9. The van der Waals surface area contributed by atoms with E-state index in [-0.39, 0.29) is 18.5 Å². The molecular weight excluding hydrogens is 376 g/mol.